The molecule has 0 aliphatic carbocycles. The van der Waals surface area contributed by atoms with Crippen molar-refractivity contribution in [3.8, 4) is 5.75 Å². The van der Waals surface area contributed by atoms with E-state index in [1.807, 2.05) is 18.2 Å². The normalized spacial score (nSPS) is 20.4. The van der Waals surface area contributed by atoms with E-state index in [0.29, 0.717) is 32.6 Å². The van der Waals surface area contributed by atoms with Crippen LogP contribution in [0.5, 0.6) is 5.75 Å². The number of fused-ring (bicyclic) bond motifs is 1. The lowest BCUT2D eigenvalue weighted by Gasteiger charge is -2.30. The van der Waals surface area contributed by atoms with Gasteiger partial charge < -0.3 is 24.6 Å². The Morgan fingerprint density at radius 3 is 2.80 bits per heavy atom. The molecule has 0 aromatic heterocycles. The number of hydrogen-bond donors (Lipinski definition) is 2. The maximum atomic E-state index is 10.4. The van der Waals surface area contributed by atoms with Gasteiger partial charge in [-0.05, 0) is 34.9 Å². The molecule has 0 unspecified atom stereocenters. The molecule has 1 aliphatic heterocycles. The summed E-state index contributed by atoms with van der Waals surface area (Å²) in [7, 11) is 1.67. The van der Waals surface area contributed by atoms with Gasteiger partial charge in [-0.15, -0.1) is 0 Å². The second-order valence-corrected chi connectivity index (χ2v) is 6.10. The van der Waals surface area contributed by atoms with Gasteiger partial charge in [-0.2, -0.15) is 0 Å². The third-order valence-electron chi connectivity index (χ3n) is 4.42. The second-order valence-electron chi connectivity index (χ2n) is 6.10. The molecule has 1 fully saturated rings. The molecule has 2 aromatic rings. The van der Waals surface area contributed by atoms with Crippen molar-refractivity contribution in [2.24, 2.45) is 0 Å². The number of rotatable bonds is 6. The topological polar surface area (TPSA) is 77.0 Å². The van der Waals surface area contributed by atoms with Crippen LogP contribution in [0.1, 0.15) is 24.3 Å². The SMILES string of the molecule is COc1ccc2c(C3COC(CCCNC(=O)O)OC3)cccc2c1. The van der Waals surface area contributed by atoms with Crippen LogP contribution in [0, 0.1) is 0 Å². The van der Waals surface area contributed by atoms with E-state index >= 15 is 0 Å². The fraction of sp³-hybridized carbons (Fsp3) is 0.421. The van der Waals surface area contributed by atoms with Gasteiger partial charge in [0.05, 0.1) is 20.3 Å². The minimum Gasteiger partial charge on any atom is -0.497 e. The minimum atomic E-state index is -1.00. The Morgan fingerprint density at radius 2 is 2.08 bits per heavy atom. The highest BCUT2D eigenvalue weighted by Gasteiger charge is 2.24. The van der Waals surface area contributed by atoms with Crippen LogP contribution >= 0.6 is 0 Å². The second kappa shape index (κ2) is 8.18. The average molecular weight is 345 g/mol. The molecule has 6 heteroatoms. The first-order chi connectivity index (χ1) is 12.2. The monoisotopic (exact) mass is 345 g/mol. The van der Waals surface area contributed by atoms with E-state index < -0.39 is 6.09 Å². The van der Waals surface area contributed by atoms with Crippen molar-refractivity contribution < 1.29 is 24.1 Å². The lowest BCUT2D eigenvalue weighted by atomic mass is 9.94. The molecule has 25 heavy (non-hydrogen) atoms. The van der Waals surface area contributed by atoms with E-state index in [1.54, 1.807) is 7.11 Å². The van der Waals surface area contributed by atoms with Crippen molar-refractivity contribution in [3.63, 3.8) is 0 Å². The van der Waals surface area contributed by atoms with Crippen molar-refractivity contribution >= 4 is 16.9 Å². The van der Waals surface area contributed by atoms with Crippen LogP contribution in [0.15, 0.2) is 36.4 Å². The molecule has 0 atom stereocenters. The van der Waals surface area contributed by atoms with Crippen LogP contribution in [0.25, 0.3) is 10.8 Å². The van der Waals surface area contributed by atoms with Crippen LogP contribution < -0.4 is 10.1 Å². The zero-order chi connectivity index (χ0) is 17.6. The van der Waals surface area contributed by atoms with Gasteiger partial charge in [0.1, 0.15) is 5.75 Å². The molecular weight excluding hydrogens is 322 g/mol. The Kier molecular flexibility index (Phi) is 5.73. The van der Waals surface area contributed by atoms with Crippen molar-refractivity contribution in [1.29, 1.82) is 0 Å². The first-order valence-corrected chi connectivity index (χ1v) is 8.44. The summed E-state index contributed by atoms with van der Waals surface area (Å²) in [6, 6.07) is 12.3. The van der Waals surface area contributed by atoms with Gasteiger partial charge in [-0.3, -0.25) is 0 Å². The molecule has 134 valence electrons. The highest BCUT2D eigenvalue weighted by atomic mass is 16.7. The molecule has 0 spiro atoms. The summed E-state index contributed by atoms with van der Waals surface area (Å²) in [6.45, 7) is 1.61. The lowest BCUT2D eigenvalue weighted by molar-refractivity contribution is -0.189. The molecule has 2 N–H and O–H groups in total. The summed E-state index contributed by atoms with van der Waals surface area (Å²) in [6.07, 6.45) is 0.107. The highest BCUT2D eigenvalue weighted by Crippen LogP contribution is 2.31. The zero-order valence-corrected chi connectivity index (χ0v) is 14.2. The van der Waals surface area contributed by atoms with E-state index in [9.17, 15) is 4.79 Å². The van der Waals surface area contributed by atoms with Gasteiger partial charge in [-0.1, -0.05) is 24.3 Å². The first-order valence-electron chi connectivity index (χ1n) is 8.44. The maximum absolute atomic E-state index is 10.4. The van der Waals surface area contributed by atoms with E-state index in [4.69, 9.17) is 19.3 Å². The molecule has 2 aromatic carbocycles. The number of ether oxygens (including phenoxy) is 3. The van der Waals surface area contributed by atoms with E-state index in [2.05, 4.69) is 23.5 Å². The Morgan fingerprint density at radius 1 is 1.28 bits per heavy atom. The number of hydrogen-bond acceptors (Lipinski definition) is 4. The molecule has 0 saturated carbocycles. The highest BCUT2D eigenvalue weighted by molar-refractivity contribution is 5.87. The van der Waals surface area contributed by atoms with E-state index in [0.717, 1.165) is 11.1 Å². The summed E-state index contributed by atoms with van der Waals surface area (Å²) in [5.41, 5.74) is 1.21. The lowest BCUT2D eigenvalue weighted by Crippen LogP contribution is -2.32. The molecule has 0 radical (unpaired) electrons. The summed E-state index contributed by atoms with van der Waals surface area (Å²) in [5.74, 6) is 1.03. The number of amides is 1. The Labute approximate surface area is 146 Å². The largest absolute Gasteiger partial charge is 0.497 e. The standard InChI is InChI=1S/C19H23NO5/c1-23-15-7-8-17-13(10-15)4-2-5-16(17)14-11-24-18(25-12-14)6-3-9-20-19(21)22/h2,4-5,7-8,10,14,18,20H,3,6,9,11-12H2,1H3,(H,21,22). The molecule has 1 amide bonds. The van der Waals surface area contributed by atoms with Gasteiger partial charge in [0, 0.05) is 18.9 Å². The van der Waals surface area contributed by atoms with Gasteiger partial charge in [0.25, 0.3) is 0 Å². The summed E-state index contributed by atoms with van der Waals surface area (Å²) in [5, 5.41) is 13.2. The summed E-state index contributed by atoms with van der Waals surface area (Å²) < 4.78 is 16.9. The number of carboxylic acid groups (broad SMARTS) is 1. The summed E-state index contributed by atoms with van der Waals surface area (Å²) >= 11 is 0. The quantitative estimate of drug-likeness (QED) is 0.785. The van der Waals surface area contributed by atoms with Gasteiger partial charge >= 0.3 is 6.09 Å². The molecule has 1 heterocycles. The molecule has 1 saturated heterocycles. The Bertz CT molecular complexity index is 725. The molecular formula is C19H23NO5. The predicted molar refractivity (Wildman–Crippen MR) is 94.2 cm³/mol. The zero-order valence-electron chi connectivity index (χ0n) is 14.2. The average Bonchev–Trinajstić information content (AvgIpc) is 2.64. The van der Waals surface area contributed by atoms with E-state index in [1.165, 1.54) is 10.9 Å². The molecule has 1 aliphatic rings. The number of nitrogens with one attached hydrogen (secondary N) is 1. The third-order valence-corrected chi connectivity index (χ3v) is 4.42. The molecule has 0 bridgehead atoms. The van der Waals surface area contributed by atoms with Crippen molar-refractivity contribution in [2.75, 3.05) is 26.9 Å². The van der Waals surface area contributed by atoms with E-state index in [-0.39, 0.29) is 12.2 Å². The van der Waals surface area contributed by atoms with Crippen molar-refractivity contribution in [2.45, 2.75) is 25.0 Å². The predicted octanol–water partition coefficient (Wildman–Crippen LogP) is 3.35. The Balaban J connectivity index is 1.59. The van der Waals surface area contributed by atoms with Crippen molar-refractivity contribution in [3.05, 3.63) is 42.0 Å². The smallest absolute Gasteiger partial charge is 0.404 e. The fourth-order valence-corrected chi connectivity index (χ4v) is 3.12. The van der Waals surface area contributed by atoms with Crippen LogP contribution in [0.3, 0.4) is 0 Å². The van der Waals surface area contributed by atoms with Crippen LogP contribution in [0.2, 0.25) is 0 Å². The minimum absolute atomic E-state index is 0.186. The van der Waals surface area contributed by atoms with Crippen LogP contribution in [-0.2, 0) is 9.47 Å². The number of methoxy groups -OCH3 is 1. The fourth-order valence-electron chi connectivity index (χ4n) is 3.12. The molecule has 6 nitrogen and oxygen atoms in total. The van der Waals surface area contributed by atoms with Gasteiger partial charge in [-0.25, -0.2) is 4.79 Å². The molecule has 3 rings (SSSR count). The number of benzene rings is 2. The first kappa shape index (κ1) is 17.5. The summed E-state index contributed by atoms with van der Waals surface area (Å²) in [4.78, 5) is 10.4. The van der Waals surface area contributed by atoms with Crippen molar-refractivity contribution in [1.82, 2.24) is 5.32 Å². The Hall–Kier alpha value is -2.31. The van der Waals surface area contributed by atoms with Gasteiger partial charge in [0.15, 0.2) is 6.29 Å². The third kappa shape index (κ3) is 4.41. The van der Waals surface area contributed by atoms with Crippen LogP contribution in [-0.4, -0.2) is 44.4 Å². The number of carbonyl (C=O) groups is 1. The maximum Gasteiger partial charge on any atom is 0.404 e. The van der Waals surface area contributed by atoms with Crippen LogP contribution in [0.4, 0.5) is 4.79 Å². The van der Waals surface area contributed by atoms with Gasteiger partial charge in [0.2, 0.25) is 0 Å².